The number of pyridine rings is 1. The van der Waals surface area contributed by atoms with Gasteiger partial charge in [0.1, 0.15) is 0 Å². The summed E-state index contributed by atoms with van der Waals surface area (Å²) in [6.45, 7) is 10.2. The van der Waals surface area contributed by atoms with Crippen LogP contribution in [-0.2, 0) is 6.54 Å². The molecule has 0 aliphatic carbocycles. The highest BCUT2D eigenvalue weighted by Gasteiger charge is 2.14. The second kappa shape index (κ2) is 5.85. The Morgan fingerprint density at radius 3 is 2.62 bits per heavy atom. The predicted molar refractivity (Wildman–Crippen MR) is 69.6 cm³/mol. The van der Waals surface area contributed by atoms with Crippen molar-refractivity contribution in [1.29, 1.82) is 0 Å². The van der Waals surface area contributed by atoms with Crippen LogP contribution in [0.3, 0.4) is 0 Å². The average molecular weight is 221 g/mol. The topological polar surface area (TPSA) is 42.2 Å². The highest BCUT2D eigenvalue weighted by molar-refractivity contribution is 5.54. The molecule has 16 heavy (non-hydrogen) atoms. The number of aromatic nitrogens is 1. The summed E-state index contributed by atoms with van der Waals surface area (Å²) in [6, 6.07) is 2.68. The van der Waals surface area contributed by atoms with Gasteiger partial charge in [0, 0.05) is 42.3 Å². The molecule has 0 amide bonds. The van der Waals surface area contributed by atoms with Gasteiger partial charge in [-0.15, -0.1) is 0 Å². The second-order valence-corrected chi connectivity index (χ2v) is 4.20. The van der Waals surface area contributed by atoms with Gasteiger partial charge in [-0.1, -0.05) is 6.92 Å². The zero-order valence-corrected chi connectivity index (χ0v) is 10.8. The van der Waals surface area contributed by atoms with Crippen molar-refractivity contribution in [3.8, 4) is 0 Å². The number of nitrogens with two attached hydrogens (primary N) is 1. The van der Waals surface area contributed by atoms with Gasteiger partial charge in [-0.25, -0.2) is 0 Å². The van der Waals surface area contributed by atoms with Crippen molar-refractivity contribution in [3.05, 3.63) is 23.5 Å². The van der Waals surface area contributed by atoms with Gasteiger partial charge in [0.05, 0.1) is 0 Å². The Morgan fingerprint density at radius 2 is 2.12 bits per heavy atom. The first kappa shape index (κ1) is 13.0. The second-order valence-electron chi connectivity index (χ2n) is 4.20. The summed E-state index contributed by atoms with van der Waals surface area (Å²) >= 11 is 0. The van der Waals surface area contributed by atoms with E-state index >= 15 is 0 Å². The van der Waals surface area contributed by atoms with E-state index in [4.69, 9.17) is 5.73 Å². The molecular weight excluding hydrogens is 198 g/mol. The summed E-state index contributed by atoms with van der Waals surface area (Å²) in [4.78, 5) is 6.71. The first-order valence-corrected chi connectivity index (χ1v) is 6.06. The third-order valence-corrected chi connectivity index (χ3v) is 3.09. The number of hydrogen-bond donors (Lipinski definition) is 1. The average Bonchev–Trinajstić information content (AvgIpc) is 2.30. The van der Waals surface area contributed by atoms with Crippen molar-refractivity contribution >= 4 is 5.69 Å². The molecule has 90 valence electrons. The van der Waals surface area contributed by atoms with E-state index in [1.54, 1.807) is 0 Å². The first-order chi connectivity index (χ1) is 7.63. The molecule has 1 unspecified atom stereocenters. The molecule has 0 bridgehead atoms. The summed E-state index contributed by atoms with van der Waals surface area (Å²) in [5.41, 5.74) is 9.19. The van der Waals surface area contributed by atoms with E-state index in [0.717, 1.165) is 24.2 Å². The van der Waals surface area contributed by atoms with Crippen LogP contribution >= 0.6 is 0 Å². The highest BCUT2D eigenvalue weighted by atomic mass is 15.2. The molecule has 3 nitrogen and oxygen atoms in total. The lowest BCUT2D eigenvalue weighted by molar-refractivity contribution is 0.626. The minimum absolute atomic E-state index is 0.539. The third kappa shape index (κ3) is 2.73. The SMILES string of the molecule is CCC(C)N(CC)c1cc(C)ncc1CN. The molecule has 1 aromatic heterocycles. The molecule has 0 aromatic carbocycles. The van der Waals surface area contributed by atoms with Crippen molar-refractivity contribution < 1.29 is 0 Å². The van der Waals surface area contributed by atoms with Crippen LogP contribution in [0, 0.1) is 6.92 Å². The molecule has 2 N–H and O–H groups in total. The molecule has 3 heteroatoms. The maximum Gasteiger partial charge on any atom is 0.0447 e. The van der Waals surface area contributed by atoms with Gasteiger partial charge < -0.3 is 10.6 Å². The zero-order chi connectivity index (χ0) is 12.1. The van der Waals surface area contributed by atoms with Crippen molar-refractivity contribution in [3.63, 3.8) is 0 Å². The van der Waals surface area contributed by atoms with Crippen LogP contribution in [0.25, 0.3) is 0 Å². The number of aryl methyl sites for hydroxylation is 1. The first-order valence-electron chi connectivity index (χ1n) is 6.06. The molecule has 0 aliphatic heterocycles. The summed E-state index contributed by atoms with van der Waals surface area (Å²) in [6.07, 6.45) is 3.04. The largest absolute Gasteiger partial charge is 0.369 e. The van der Waals surface area contributed by atoms with Gasteiger partial charge in [-0.2, -0.15) is 0 Å². The van der Waals surface area contributed by atoms with E-state index in [9.17, 15) is 0 Å². The summed E-state index contributed by atoms with van der Waals surface area (Å²) in [5.74, 6) is 0. The highest BCUT2D eigenvalue weighted by Crippen LogP contribution is 2.23. The molecule has 1 heterocycles. The lowest BCUT2D eigenvalue weighted by atomic mass is 10.1. The van der Waals surface area contributed by atoms with Crippen molar-refractivity contribution in [2.45, 2.75) is 46.7 Å². The summed E-state index contributed by atoms with van der Waals surface area (Å²) in [5, 5.41) is 0. The summed E-state index contributed by atoms with van der Waals surface area (Å²) < 4.78 is 0. The molecule has 1 aromatic rings. The van der Waals surface area contributed by atoms with E-state index < -0.39 is 0 Å². The van der Waals surface area contributed by atoms with Crippen molar-refractivity contribution in [1.82, 2.24) is 4.98 Å². The maximum atomic E-state index is 5.77. The van der Waals surface area contributed by atoms with E-state index in [1.807, 2.05) is 13.1 Å². The molecule has 1 rings (SSSR count). The van der Waals surface area contributed by atoms with Crippen LogP contribution in [0.15, 0.2) is 12.3 Å². The Bertz CT molecular complexity index is 336. The van der Waals surface area contributed by atoms with Crippen LogP contribution in [0.1, 0.15) is 38.4 Å². The molecule has 0 radical (unpaired) electrons. The van der Waals surface area contributed by atoms with Gasteiger partial charge in [0.15, 0.2) is 0 Å². The Hall–Kier alpha value is -1.09. The maximum absolute atomic E-state index is 5.77. The van der Waals surface area contributed by atoms with Crippen LogP contribution in [0.5, 0.6) is 0 Å². The number of anilines is 1. The van der Waals surface area contributed by atoms with E-state index in [-0.39, 0.29) is 0 Å². The Balaban J connectivity index is 3.11. The molecule has 1 atom stereocenters. The lowest BCUT2D eigenvalue weighted by Gasteiger charge is -2.31. The summed E-state index contributed by atoms with van der Waals surface area (Å²) in [7, 11) is 0. The molecule has 0 fully saturated rings. The van der Waals surface area contributed by atoms with E-state index in [0.29, 0.717) is 12.6 Å². The minimum Gasteiger partial charge on any atom is -0.369 e. The fourth-order valence-electron chi connectivity index (χ4n) is 1.94. The zero-order valence-electron chi connectivity index (χ0n) is 10.8. The van der Waals surface area contributed by atoms with Gasteiger partial charge in [0.25, 0.3) is 0 Å². The van der Waals surface area contributed by atoms with E-state index in [2.05, 4.69) is 36.7 Å². The lowest BCUT2D eigenvalue weighted by Crippen LogP contribution is -2.33. The fraction of sp³-hybridized carbons (Fsp3) is 0.615. The van der Waals surface area contributed by atoms with Gasteiger partial charge in [0.2, 0.25) is 0 Å². The Morgan fingerprint density at radius 1 is 1.44 bits per heavy atom. The standard InChI is InChI=1S/C13H23N3/c1-5-11(4)16(6-2)13-7-10(3)15-9-12(13)8-14/h7,9,11H,5-6,8,14H2,1-4H3. The Kier molecular flexibility index (Phi) is 4.74. The van der Waals surface area contributed by atoms with Crippen molar-refractivity contribution in [2.75, 3.05) is 11.4 Å². The fourth-order valence-corrected chi connectivity index (χ4v) is 1.94. The predicted octanol–water partition coefficient (Wildman–Crippen LogP) is 2.47. The van der Waals surface area contributed by atoms with Gasteiger partial charge >= 0.3 is 0 Å². The molecule has 0 aliphatic rings. The van der Waals surface area contributed by atoms with Crippen LogP contribution in [0.2, 0.25) is 0 Å². The van der Waals surface area contributed by atoms with Crippen LogP contribution in [-0.4, -0.2) is 17.6 Å². The number of rotatable bonds is 5. The third-order valence-electron chi connectivity index (χ3n) is 3.09. The molecule has 0 saturated heterocycles. The Labute approximate surface area is 98.7 Å². The molecule has 0 spiro atoms. The normalized spacial score (nSPS) is 12.6. The molecule has 0 saturated carbocycles. The van der Waals surface area contributed by atoms with Gasteiger partial charge in [-0.05, 0) is 33.3 Å². The smallest absolute Gasteiger partial charge is 0.0447 e. The van der Waals surface area contributed by atoms with Crippen LogP contribution < -0.4 is 10.6 Å². The number of nitrogens with zero attached hydrogens (tertiary/aromatic N) is 2. The van der Waals surface area contributed by atoms with Crippen molar-refractivity contribution in [2.24, 2.45) is 5.73 Å². The van der Waals surface area contributed by atoms with Gasteiger partial charge in [-0.3, -0.25) is 4.98 Å². The van der Waals surface area contributed by atoms with E-state index in [1.165, 1.54) is 5.69 Å². The minimum atomic E-state index is 0.539. The monoisotopic (exact) mass is 221 g/mol. The quantitative estimate of drug-likeness (QED) is 0.830. The number of hydrogen-bond acceptors (Lipinski definition) is 3. The molecular formula is C13H23N3. The van der Waals surface area contributed by atoms with Crippen LogP contribution in [0.4, 0.5) is 5.69 Å².